The van der Waals surface area contributed by atoms with E-state index in [2.05, 4.69) is 0 Å². The van der Waals surface area contributed by atoms with Crippen molar-refractivity contribution < 1.29 is 34.9 Å². The smallest absolute Gasteiger partial charge is 0.138 e. The fourth-order valence-electron chi connectivity index (χ4n) is 1.58. The molecule has 0 aliphatic heterocycles. The molecule has 23 heavy (non-hydrogen) atoms. The van der Waals surface area contributed by atoms with Gasteiger partial charge in [0.25, 0.3) is 0 Å². The number of aliphatic carboxylic acids is 1. The van der Waals surface area contributed by atoms with Gasteiger partial charge in [-0.25, -0.2) is 0 Å². The molecule has 0 saturated carbocycles. The van der Waals surface area contributed by atoms with Crippen LogP contribution in [-0.2, 0) is 4.79 Å². The molecule has 0 aromatic heterocycles. The van der Waals surface area contributed by atoms with Gasteiger partial charge < -0.3 is 34.9 Å². The number of ether oxygens (including phenoxy) is 1. The van der Waals surface area contributed by atoms with E-state index < -0.39 is 12.6 Å². The first-order valence-electron chi connectivity index (χ1n) is 6.88. The highest BCUT2D eigenvalue weighted by atomic mass is 35.5. The van der Waals surface area contributed by atoms with Crippen LogP contribution in [0.1, 0.15) is 0 Å². The molecule has 9 heteroatoms. The van der Waals surface area contributed by atoms with E-state index in [1.807, 2.05) is 0 Å². The van der Waals surface area contributed by atoms with Gasteiger partial charge in [0.15, 0.2) is 0 Å². The molecule has 0 aliphatic rings. The number of halogens is 2. The number of carbonyl (C=O) groups is 1. The highest BCUT2D eigenvalue weighted by Crippen LogP contribution is 2.27. The van der Waals surface area contributed by atoms with Gasteiger partial charge in [-0.3, -0.25) is 0 Å². The number of aliphatic hydroxyl groups is 3. The van der Waals surface area contributed by atoms with Crippen molar-refractivity contribution in [3.63, 3.8) is 0 Å². The molecule has 132 valence electrons. The van der Waals surface area contributed by atoms with Crippen LogP contribution in [0.4, 0.5) is 0 Å². The number of rotatable bonds is 9. The van der Waals surface area contributed by atoms with E-state index >= 15 is 0 Å². The molecule has 1 rings (SSSR count). The zero-order chi connectivity index (χ0) is 17.7. The van der Waals surface area contributed by atoms with Crippen molar-refractivity contribution in [2.24, 2.45) is 0 Å². The molecule has 7 nitrogen and oxygen atoms in total. The third-order valence-electron chi connectivity index (χ3n) is 2.64. The van der Waals surface area contributed by atoms with E-state index in [4.69, 9.17) is 43.3 Å². The zero-order valence-corrected chi connectivity index (χ0v) is 14.0. The number of carboxylic acids is 1. The standard InChI is InChI=1S/C8H6Cl2O3.C6H15NO3/c9-5-1-2-7(6(10)3-5)13-4-8(11)12;8-4-1-7(2-5-9)3-6-10/h1-3H,4H2,(H,11,12);8-10H,1-6H2. The summed E-state index contributed by atoms with van der Waals surface area (Å²) < 4.78 is 4.80. The largest absolute Gasteiger partial charge is 0.546 e. The number of hydrogen-bond acceptors (Lipinski definition) is 6. The molecule has 0 aliphatic carbocycles. The summed E-state index contributed by atoms with van der Waals surface area (Å²) in [5.41, 5.74) is 0. The average molecular weight is 370 g/mol. The summed E-state index contributed by atoms with van der Waals surface area (Å²) in [5.74, 6) is -1.03. The summed E-state index contributed by atoms with van der Waals surface area (Å²) in [5, 5.41) is 36.3. The molecule has 0 unspecified atom stereocenters. The molecule has 0 bridgehead atoms. The van der Waals surface area contributed by atoms with Crippen molar-refractivity contribution in [2.75, 3.05) is 46.1 Å². The van der Waals surface area contributed by atoms with E-state index in [0.717, 1.165) is 4.90 Å². The number of quaternary nitrogens is 1. The molecule has 1 aromatic carbocycles. The van der Waals surface area contributed by atoms with Crippen LogP contribution >= 0.6 is 23.2 Å². The van der Waals surface area contributed by atoms with Gasteiger partial charge in [0.2, 0.25) is 0 Å². The van der Waals surface area contributed by atoms with Crippen LogP contribution in [0.5, 0.6) is 5.75 Å². The minimum atomic E-state index is -1.30. The van der Waals surface area contributed by atoms with Crippen LogP contribution in [-0.4, -0.2) is 67.4 Å². The van der Waals surface area contributed by atoms with E-state index in [1.54, 1.807) is 6.07 Å². The summed E-state index contributed by atoms with van der Waals surface area (Å²) in [6.07, 6.45) is 0. The van der Waals surface area contributed by atoms with E-state index in [0.29, 0.717) is 24.7 Å². The quantitative estimate of drug-likeness (QED) is 0.399. The Balaban J connectivity index is 0.000000438. The minimum Gasteiger partial charge on any atom is -0.546 e. The Morgan fingerprint density at radius 3 is 2.00 bits per heavy atom. The van der Waals surface area contributed by atoms with Crippen molar-refractivity contribution >= 4 is 29.2 Å². The lowest BCUT2D eigenvalue weighted by Gasteiger charge is -2.15. The topological polar surface area (TPSA) is 114 Å². The van der Waals surface area contributed by atoms with E-state index in [-0.39, 0.29) is 30.6 Å². The van der Waals surface area contributed by atoms with Gasteiger partial charge in [-0.05, 0) is 18.2 Å². The van der Waals surface area contributed by atoms with Gasteiger partial charge in [0.1, 0.15) is 32.0 Å². The zero-order valence-electron chi connectivity index (χ0n) is 12.5. The Hall–Kier alpha value is -1.09. The molecule has 0 spiro atoms. The van der Waals surface area contributed by atoms with Crippen LogP contribution in [0, 0.1) is 0 Å². The first-order valence-corrected chi connectivity index (χ1v) is 7.64. The maximum Gasteiger partial charge on any atom is 0.138 e. The van der Waals surface area contributed by atoms with Crippen molar-refractivity contribution in [2.45, 2.75) is 0 Å². The van der Waals surface area contributed by atoms with Crippen LogP contribution < -0.4 is 14.7 Å². The lowest BCUT2D eigenvalue weighted by molar-refractivity contribution is -0.901. The third-order valence-corrected chi connectivity index (χ3v) is 3.17. The number of carboxylic acid groups (broad SMARTS) is 1. The molecular formula is C14H21Cl2NO6. The number of hydrogen-bond donors (Lipinski definition) is 4. The molecule has 0 saturated heterocycles. The van der Waals surface area contributed by atoms with Gasteiger partial charge in [-0.2, -0.15) is 0 Å². The highest BCUT2D eigenvalue weighted by molar-refractivity contribution is 6.35. The predicted molar refractivity (Wildman–Crippen MR) is 83.8 cm³/mol. The predicted octanol–water partition coefficient (Wildman–Crippen LogP) is -2.03. The Bertz CT molecular complexity index is 447. The molecule has 4 N–H and O–H groups in total. The fourth-order valence-corrected chi connectivity index (χ4v) is 2.04. The Kier molecular flexibility index (Phi) is 12.7. The fraction of sp³-hybridized carbons (Fsp3) is 0.500. The summed E-state index contributed by atoms with van der Waals surface area (Å²) in [4.78, 5) is 11.1. The summed E-state index contributed by atoms with van der Waals surface area (Å²) >= 11 is 11.3. The summed E-state index contributed by atoms with van der Waals surface area (Å²) in [7, 11) is 0. The van der Waals surface area contributed by atoms with Gasteiger partial charge in [-0.1, -0.05) is 23.2 Å². The maximum atomic E-state index is 10.0. The monoisotopic (exact) mass is 369 g/mol. The van der Waals surface area contributed by atoms with Gasteiger partial charge in [-0.15, -0.1) is 0 Å². The maximum absolute atomic E-state index is 10.0. The van der Waals surface area contributed by atoms with Crippen LogP contribution in [0.25, 0.3) is 0 Å². The van der Waals surface area contributed by atoms with Gasteiger partial charge in [0, 0.05) is 5.02 Å². The SMILES string of the molecule is O=C([O-])COc1ccc(Cl)cc1Cl.OCC[NH+](CCO)CCO. The van der Waals surface area contributed by atoms with Crippen LogP contribution in [0.3, 0.4) is 0 Å². The second-order valence-corrected chi connectivity index (χ2v) is 5.25. The number of aliphatic hydroxyl groups excluding tert-OH is 3. The Morgan fingerprint density at radius 1 is 1.09 bits per heavy atom. The second-order valence-electron chi connectivity index (χ2n) is 4.41. The lowest BCUT2D eigenvalue weighted by atomic mass is 10.3. The number of carbonyl (C=O) groups excluding carboxylic acids is 1. The highest BCUT2D eigenvalue weighted by Gasteiger charge is 2.04. The normalized spacial score (nSPS) is 10.2. The molecule has 0 fully saturated rings. The second kappa shape index (κ2) is 13.4. The van der Waals surface area contributed by atoms with Crippen LogP contribution in [0.2, 0.25) is 10.0 Å². The average Bonchev–Trinajstić information content (AvgIpc) is 2.48. The summed E-state index contributed by atoms with van der Waals surface area (Å²) in [6, 6.07) is 4.51. The Labute approximate surface area is 144 Å². The molecule has 1 aromatic rings. The molecule has 0 radical (unpaired) electrons. The van der Waals surface area contributed by atoms with Crippen molar-refractivity contribution in [3.8, 4) is 5.75 Å². The Morgan fingerprint density at radius 2 is 1.61 bits per heavy atom. The molecular weight excluding hydrogens is 349 g/mol. The van der Waals surface area contributed by atoms with Crippen molar-refractivity contribution in [3.05, 3.63) is 28.2 Å². The number of nitrogens with one attached hydrogen (secondary N) is 1. The first kappa shape index (κ1) is 21.9. The lowest BCUT2D eigenvalue weighted by Crippen LogP contribution is -3.13. The third kappa shape index (κ3) is 11.1. The van der Waals surface area contributed by atoms with Crippen LogP contribution in [0.15, 0.2) is 18.2 Å². The van der Waals surface area contributed by atoms with E-state index in [9.17, 15) is 9.90 Å². The summed E-state index contributed by atoms with van der Waals surface area (Å²) in [6.45, 7) is 1.59. The van der Waals surface area contributed by atoms with Crippen molar-refractivity contribution in [1.29, 1.82) is 0 Å². The van der Waals surface area contributed by atoms with Crippen molar-refractivity contribution in [1.82, 2.24) is 0 Å². The van der Waals surface area contributed by atoms with Gasteiger partial charge >= 0.3 is 0 Å². The minimum absolute atomic E-state index is 0.106. The molecule has 0 heterocycles. The van der Waals surface area contributed by atoms with Gasteiger partial charge in [0.05, 0.1) is 30.8 Å². The first-order chi connectivity index (χ1) is 10.9. The number of benzene rings is 1. The molecule has 0 atom stereocenters. The molecule has 0 amide bonds. The van der Waals surface area contributed by atoms with E-state index in [1.165, 1.54) is 12.1 Å².